The SMILES string of the molecule is C1=C(c2cnc3nccn3c2)c2ccc(C3CCCC3)nc2C1. The van der Waals surface area contributed by atoms with Crippen molar-refractivity contribution in [3.05, 3.63) is 65.5 Å². The van der Waals surface area contributed by atoms with E-state index in [1.165, 1.54) is 48.2 Å². The smallest absolute Gasteiger partial charge is 0.233 e. The number of imidazole rings is 1. The summed E-state index contributed by atoms with van der Waals surface area (Å²) in [6.07, 6.45) is 16.2. The third-order valence-electron chi connectivity index (χ3n) is 5.12. The van der Waals surface area contributed by atoms with E-state index >= 15 is 0 Å². The largest absolute Gasteiger partial charge is 0.291 e. The van der Waals surface area contributed by atoms with Gasteiger partial charge in [-0.1, -0.05) is 25.0 Å². The van der Waals surface area contributed by atoms with Crippen molar-refractivity contribution in [2.24, 2.45) is 0 Å². The molecule has 0 unspecified atom stereocenters. The van der Waals surface area contributed by atoms with Crippen LogP contribution < -0.4 is 0 Å². The van der Waals surface area contributed by atoms with E-state index in [2.05, 4.69) is 34.4 Å². The number of aromatic nitrogens is 4. The summed E-state index contributed by atoms with van der Waals surface area (Å²) in [6, 6.07) is 4.49. The van der Waals surface area contributed by atoms with Crippen LogP contribution in [0.3, 0.4) is 0 Å². The Morgan fingerprint density at radius 2 is 2.00 bits per heavy atom. The Morgan fingerprint density at radius 3 is 2.91 bits per heavy atom. The second-order valence-electron chi connectivity index (χ2n) is 6.51. The maximum atomic E-state index is 4.97. The highest BCUT2D eigenvalue weighted by Gasteiger charge is 2.22. The predicted octanol–water partition coefficient (Wildman–Crippen LogP) is 3.77. The molecule has 4 nitrogen and oxygen atoms in total. The highest BCUT2D eigenvalue weighted by atomic mass is 15.1. The number of nitrogens with zero attached hydrogens (tertiary/aromatic N) is 4. The second kappa shape index (κ2) is 5.01. The van der Waals surface area contributed by atoms with Crippen LogP contribution in [-0.4, -0.2) is 19.4 Å². The summed E-state index contributed by atoms with van der Waals surface area (Å²) in [5.41, 5.74) is 6.14. The summed E-state index contributed by atoms with van der Waals surface area (Å²) in [6.45, 7) is 0. The van der Waals surface area contributed by atoms with Crippen LogP contribution >= 0.6 is 0 Å². The van der Waals surface area contributed by atoms with Gasteiger partial charge in [0.1, 0.15) is 0 Å². The molecule has 5 rings (SSSR count). The van der Waals surface area contributed by atoms with E-state index in [4.69, 9.17) is 4.98 Å². The molecule has 3 heterocycles. The van der Waals surface area contributed by atoms with Gasteiger partial charge >= 0.3 is 0 Å². The van der Waals surface area contributed by atoms with E-state index in [0.717, 1.165) is 17.8 Å². The summed E-state index contributed by atoms with van der Waals surface area (Å²) in [5, 5.41) is 0. The van der Waals surface area contributed by atoms with E-state index in [1.54, 1.807) is 6.20 Å². The zero-order valence-corrected chi connectivity index (χ0v) is 12.9. The minimum atomic E-state index is 0.674. The highest BCUT2D eigenvalue weighted by Crippen LogP contribution is 2.36. The highest BCUT2D eigenvalue weighted by molar-refractivity contribution is 5.83. The summed E-state index contributed by atoms with van der Waals surface area (Å²) >= 11 is 0. The summed E-state index contributed by atoms with van der Waals surface area (Å²) in [5.74, 6) is 1.41. The molecule has 4 heteroatoms. The summed E-state index contributed by atoms with van der Waals surface area (Å²) < 4.78 is 1.97. The molecule has 0 aliphatic heterocycles. The fraction of sp³-hybridized carbons (Fsp3) is 0.316. The van der Waals surface area contributed by atoms with E-state index in [9.17, 15) is 0 Å². The molecular formula is C19H18N4. The van der Waals surface area contributed by atoms with Crippen LogP contribution in [0.5, 0.6) is 0 Å². The Hall–Kier alpha value is -2.49. The molecule has 0 amide bonds. The number of hydrogen-bond acceptors (Lipinski definition) is 3. The number of fused-ring (bicyclic) bond motifs is 2. The lowest BCUT2D eigenvalue weighted by molar-refractivity contribution is 0.693. The Balaban J connectivity index is 1.52. The van der Waals surface area contributed by atoms with Gasteiger partial charge in [-0.2, -0.15) is 0 Å². The maximum Gasteiger partial charge on any atom is 0.233 e. The first-order valence-electron chi connectivity index (χ1n) is 8.38. The van der Waals surface area contributed by atoms with Crippen molar-refractivity contribution in [1.29, 1.82) is 0 Å². The number of hydrogen-bond donors (Lipinski definition) is 0. The molecule has 0 atom stereocenters. The van der Waals surface area contributed by atoms with Crippen LogP contribution in [0.2, 0.25) is 0 Å². The molecule has 0 N–H and O–H groups in total. The quantitative estimate of drug-likeness (QED) is 0.723. The standard InChI is InChI=1S/C19H18N4/c1-2-4-13(3-1)17-7-6-16-15(5-8-18(16)22-17)14-11-21-19-20-9-10-23(19)12-14/h5-7,9-13H,1-4,8H2. The average molecular weight is 302 g/mol. The fourth-order valence-electron chi connectivity index (χ4n) is 3.91. The molecule has 3 aromatic rings. The van der Waals surface area contributed by atoms with Crippen molar-refractivity contribution in [3.8, 4) is 0 Å². The zero-order valence-electron chi connectivity index (χ0n) is 12.9. The van der Waals surface area contributed by atoms with Gasteiger partial charge in [-0.15, -0.1) is 0 Å². The zero-order chi connectivity index (χ0) is 15.2. The molecule has 2 aliphatic carbocycles. The molecule has 23 heavy (non-hydrogen) atoms. The molecule has 0 aromatic carbocycles. The van der Waals surface area contributed by atoms with Gasteiger partial charge in [0.15, 0.2) is 0 Å². The molecule has 0 bridgehead atoms. The third kappa shape index (κ3) is 2.09. The summed E-state index contributed by atoms with van der Waals surface area (Å²) in [4.78, 5) is 13.6. The van der Waals surface area contributed by atoms with E-state index < -0.39 is 0 Å². The van der Waals surface area contributed by atoms with Gasteiger partial charge in [0.05, 0.1) is 5.69 Å². The van der Waals surface area contributed by atoms with Gasteiger partial charge < -0.3 is 0 Å². The molecule has 1 saturated carbocycles. The lowest BCUT2D eigenvalue weighted by Gasteiger charge is -2.11. The molecule has 0 radical (unpaired) electrons. The molecule has 114 valence electrons. The molecule has 1 fully saturated rings. The van der Waals surface area contributed by atoms with Gasteiger partial charge in [-0.3, -0.25) is 9.38 Å². The minimum Gasteiger partial charge on any atom is -0.291 e. The van der Waals surface area contributed by atoms with Crippen molar-refractivity contribution in [2.75, 3.05) is 0 Å². The van der Waals surface area contributed by atoms with Crippen molar-refractivity contribution >= 4 is 11.4 Å². The molecule has 0 spiro atoms. The monoisotopic (exact) mass is 302 g/mol. The van der Waals surface area contributed by atoms with Gasteiger partial charge in [-0.05, 0) is 24.5 Å². The predicted molar refractivity (Wildman–Crippen MR) is 89.2 cm³/mol. The van der Waals surface area contributed by atoms with Crippen LogP contribution in [0.15, 0.2) is 43.0 Å². The van der Waals surface area contributed by atoms with Crippen molar-refractivity contribution in [3.63, 3.8) is 0 Å². The normalized spacial score (nSPS) is 17.7. The fourth-order valence-corrected chi connectivity index (χ4v) is 3.91. The molecular weight excluding hydrogens is 284 g/mol. The molecule has 2 aliphatic rings. The van der Waals surface area contributed by atoms with Crippen molar-refractivity contribution in [2.45, 2.75) is 38.0 Å². The molecule has 0 saturated heterocycles. The Labute approximate surface area is 134 Å². The first kappa shape index (κ1) is 13.0. The Kier molecular flexibility index (Phi) is 2.83. The Morgan fingerprint density at radius 1 is 1.09 bits per heavy atom. The van der Waals surface area contributed by atoms with Crippen molar-refractivity contribution < 1.29 is 0 Å². The van der Waals surface area contributed by atoms with Gasteiger partial charge in [0, 0.05) is 53.9 Å². The van der Waals surface area contributed by atoms with Crippen LogP contribution in [0.25, 0.3) is 11.4 Å². The number of allylic oxidation sites excluding steroid dienone is 1. The van der Waals surface area contributed by atoms with Crippen LogP contribution in [0.4, 0.5) is 0 Å². The topological polar surface area (TPSA) is 43.1 Å². The molecule has 3 aromatic heterocycles. The van der Waals surface area contributed by atoms with E-state index in [0.29, 0.717) is 5.92 Å². The first-order chi connectivity index (χ1) is 11.4. The van der Waals surface area contributed by atoms with Crippen LogP contribution in [0, 0.1) is 0 Å². The summed E-state index contributed by atoms with van der Waals surface area (Å²) in [7, 11) is 0. The average Bonchev–Trinajstić information content (AvgIpc) is 3.32. The lowest BCUT2D eigenvalue weighted by atomic mass is 9.99. The lowest BCUT2D eigenvalue weighted by Crippen LogP contribution is -2.01. The Bertz CT molecular complexity index is 916. The van der Waals surface area contributed by atoms with Crippen molar-refractivity contribution in [1.82, 2.24) is 19.4 Å². The third-order valence-corrected chi connectivity index (χ3v) is 5.12. The van der Waals surface area contributed by atoms with E-state index in [1.807, 2.05) is 16.8 Å². The maximum absolute atomic E-state index is 4.97. The van der Waals surface area contributed by atoms with Gasteiger partial charge in [-0.25, -0.2) is 9.97 Å². The van der Waals surface area contributed by atoms with Gasteiger partial charge in [0.2, 0.25) is 5.78 Å². The van der Waals surface area contributed by atoms with Gasteiger partial charge in [0.25, 0.3) is 0 Å². The minimum absolute atomic E-state index is 0.674. The number of pyridine rings is 1. The second-order valence-corrected chi connectivity index (χ2v) is 6.51. The van der Waals surface area contributed by atoms with E-state index in [-0.39, 0.29) is 0 Å². The van der Waals surface area contributed by atoms with Crippen LogP contribution in [-0.2, 0) is 6.42 Å². The van der Waals surface area contributed by atoms with Crippen LogP contribution in [0.1, 0.15) is 54.1 Å². The number of rotatable bonds is 2. The first-order valence-corrected chi connectivity index (χ1v) is 8.38.